The fourth-order valence-corrected chi connectivity index (χ4v) is 2.64. The Bertz CT molecular complexity index is 928. The van der Waals surface area contributed by atoms with Crippen LogP contribution in [0.3, 0.4) is 0 Å². The maximum atomic E-state index is 5.87. The Morgan fingerprint density at radius 3 is 3.00 bits per heavy atom. The third kappa shape index (κ3) is 3.68. The van der Waals surface area contributed by atoms with Crippen molar-refractivity contribution in [1.82, 2.24) is 15.5 Å². The van der Waals surface area contributed by atoms with E-state index in [1.165, 1.54) is 0 Å². The maximum Gasteiger partial charge on any atom is 0.170 e. The molecule has 0 aromatic carbocycles. The summed E-state index contributed by atoms with van der Waals surface area (Å²) in [6.07, 6.45) is 9.61. The Labute approximate surface area is 150 Å². The molecule has 132 valence electrons. The van der Waals surface area contributed by atoms with E-state index in [-0.39, 0.29) is 6.23 Å². The summed E-state index contributed by atoms with van der Waals surface area (Å²) in [5.41, 5.74) is 8.50. The summed E-state index contributed by atoms with van der Waals surface area (Å²) in [7, 11) is 0. The summed E-state index contributed by atoms with van der Waals surface area (Å²) in [5, 5.41) is 7.31. The molecule has 0 aliphatic carbocycles. The monoisotopic (exact) mass is 350 g/mol. The van der Waals surface area contributed by atoms with Gasteiger partial charge in [-0.2, -0.15) is 0 Å². The second-order valence-corrected chi connectivity index (χ2v) is 5.85. The summed E-state index contributed by atoms with van der Waals surface area (Å²) in [5.74, 6) is 1.82. The summed E-state index contributed by atoms with van der Waals surface area (Å²) >= 11 is 0. The number of furan rings is 1. The van der Waals surface area contributed by atoms with Crippen LogP contribution in [0.25, 0.3) is 11.3 Å². The van der Waals surface area contributed by atoms with Crippen LogP contribution in [0.4, 0.5) is 5.82 Å². The maximum absolute atomic E-state index is 5.87. The lowest BCUT2D eigenvalue weighted by atomic mass is 10.1. The van der Waals surface area contributed by atoms with Gasteiger partial charge in [-0.1, -0.05) is 11.2 Å². The topological polar surface area (TPSA) is 99.3 Å². The first-order valence-electron chi connectivity index (χ1n) is 8.22. The van der Waals surface area contributed by atoms with Crippen LogP contribution in [0.2, 0.25) is 0 Å². The van der Waals surface area contributed by atoms with Crippen molar-refractivity contribution in [2.24, 2.45) is 0 Å². The minimum absolute atomic E-state index is 0.188. The van der Waals surface area contributed by atoms with Gasteiger partial charge in [0.1, 0.15) is 24.4 Å². The molecule has 0 fully saturated rings. The number of dihydropyridines is 1. The molecule has 4 heterocycles. The van der Waals surface area contributed by atoms with E-state index in [9.17, 15) is 0 Å². The van der Waals surface area contributed by atoms with Crippen molar-refractivity contribution >= 4 is 5.82 Å². The number of nitrogens with two attached hydrogens (primary N) is 1. The molecule has 0 saturated carbocycles. The highest BCUT2D eigenvalue weighted by molar-refractivity contribution is 5.69. The van der Waals surface area contributed by atoms with E-state index < -0.39 is 0 Å². The molecule has 7 nitrogen and oxygen atoms in total. The molecule has 0 bridgehead atoms. The Morgan fingerprint density at radius 2 is 2.23 bits per heavy atom. The smallest absolute Gasteiger partial charge is 0.170 e. The number of nitrogens with one attached hydrogen (secondary N) is 1. The SMILES string of the molecule is Nc1ncccc1-c1cc(CC2=CNC(OCc3ccco3)C=C2)no1. The largest absolute Gasteiger partial charge is 0.467 e. The van der Waals surface area contributed by atoms with Gasteiger partial charge in [-0.25, -0.2) is 4.98 Å². The normalized spacial score (nSPS) is 16.3. The molecule has 1 unspecified atom stereocenters. The zero-order valence-electron chi connectivity index (χ0n) is 14.0. The first-order valence-corrected chi connectivity index (χ1v) is 8.22. The van der Waals surface area contributed by atoms with Crippen LogP contribution in [-0.2, 0) is 17.8 Å². The van der Waals surface area contributed by atoms with Crippen LogP contribution in [0.15, 0.2) is 75.7 Å². The number of rotatable bonds is 6. The van der Waals surface area contributed by atoms with Crippen LogP contribution in [-0.4, -0.2) is 16.4 Å². The van der Waals surface area contributed by atoms with E-state index >= 15 is 0 Å². The second kappa shape index (κ2) is 7.28. The third-order valence-corrected chi connectivity index (χ3v) is 3.95. The van der Waals surface area contributed by atoms with E-state index in [0.717, 1.165) is 22.6 Å². The van der Waals surface area contributed by atoms with E-state index in [0.29, 0.717) is 24.6 Å². The van der Waals surface area contributed by atoms with E-state index in [2.05, 4.69) is 15.5 Å². The highest BCUT2D eigenvalue weighted by atomic mass is 16.5. The number of ether oxygens (including phenoxy) is 1. The van der Waals surface area contributed by atoms with Gasteiger partial charge in [0, 0.05) is 24.9 Å². The average Bonchev–Trinajstić information content (AvgIpc) is 3.34. The summed E-state index contributed by atoms with van der Waals surface area (Å²) in [6, 6.07) is 9.26. The van der Waals surface area contributed by atoms with Gasteiger partial charge in [0.15, 0.2) is 5.76 Å². The predicted molar refractivity (Wildman–Crippen MR) is 95.5 cm³/mol. The lowest BCUT2D eigenvalue weighted by molar-refractivity contribution is 0.0472. The summed E-state index contributed by atoms with van der Waals surface area (Å²) in [4.78, 5) is 4.06. The molecular weight excluding hydrogens is 332 g/mol. The molecule has 3 N–H and O–H groups in total. The Kier molecular flexibility index (Phi) is 4.53. The van der Waals surface area contributed by atoms with Crippen molar-refractivity contribution in [3.63, 3.8) is 0 Å². The zero-order chi connectivity index (χ0) is 17.8. The number of aromatic nitrogens is 2. The average molecular weight is 350 g/mol. The fraction of sp³-hybridized carbons (Fsp3) is 0.158. The minimum Gasteiger partial charge on any atom is -0.467 e. The van der Waals surface area contributed by atoms with Gasteiger partial charge in [0.25, 0.3) is 0 Å². The Morgan fingerprint density at radius 1 is 1.27 bits per heavy atom. The minimum atomic E-state index is -0.188. The molecule has 0 saturated heterocycles. The van der Waals surface area contributed by atoms with Crippen molar-refractivity contribution < 1.29 is 13.7 Å². The van der Waals surface area contributed by atoms with Crippen molar-refractivity contribution in [2.45, 2.75) is 19.3 Å². The molecule has 1 aliphatic heterocycles. The molecule has 3 aromatic heterocycles. The van der Waals surface area contributed by atoms with Crippen LogP contribution in [0.5, 0.6) is 0 Å². The van der Waals surface area contributed by atoms with Gasteiger partial charge >= 0.3 is 0 Å². The van der Waals surface area contributed by atoms with E-state index in [1.807, 2.05) is 48.7 Å². The number of hydrogen-bond donors (Lipinski definition) is 2. The highest BCUT2D eigenvalue weighted by Gasteiger charge is 2.13. The van der Waals surface area contributed by atoms with Crippen LogP contribution in [0, 0.1) is 0 Å². The zero-order valence-corrected chi connectivity index (χ0v) is 14.0. The fourth-order valence-electron chi connectivity index (χ4n) is 2.64. The summed E-state index contributed by atoms with van der Waals surface area (Å²) in [6.45, 7) is 0.414. The van der Waals surface area contributed by atoms with Crippen molar-refractivity contribution in [1.29, 1.82) is 0 Å². The summed E-state index contributed by atoms with van der Waals surface area (Å²) < 4.78 is 16.4. The number of hydrogen-bond acceptors (Lipinski definition) is 7. The molecule has 0 spiro atoms. The highest BCUT2D eigenvalue weighted by Crippen LogP contribution is 2.25. The molecule has 1 atom stereocenters. The lowest BCUT2D eigenvalue weighted by Crippen LogP contribution is -2.27. The Hall–Kier alpha value is -3.32. The third-order valence-electron chi connectivity index (χ3n) is 3.95. The number of nitrogen functional groups attached to an aromatic ring is 1. The number of nitrogens with zero attached hydrogens (tertiary/aromatic N) is 2. The van der Waals surface area contributed by atoms with Crippen LogP contribution >= 0.6 is 0 Å². The van der Waals surface area contributed by atoms with Gasteiger partial charge in [0.2, 0.25) is 0 Å². The molecule has 1 aliphatic rings. The van der Waals surface area contributed by atoms with Gasteiger partial charge in [-0.15, -0.1) is 0 Å². The first-order chi connectivity index (χ1) is 12.8. The molecule has 0 amide bonds. The lowest BCUT2D eigenvalue weighted by Gasteiger charge is -2.18. The molecule has 0 radical (unpaired) electrons. The number of pyridine rings is 1. The van der Waals surface area contributed by atoms with Crippen molar-refractivity contribution in [2.75, 3.05) is 5.73 Å². The van der Waals surface area contributed by atoms with Crippen molar-refractivity contribution in [3.05, 3.63) is 78.2 Å². The Balaban J connectivity index is 1.34. The van der Waals surface area contributed by atoms with Gasteiger partial charge in [0.05, 0.1) is 17.5 Å². The predicted octanol–water partition coefficient (Wildman–Crippen LogP) is 3.04. The molecule has 26 heavy (non-hydrogen) atoms. The first kappa shape index (κ1) is 16.2. The standard InChI is InChI=1S/C19H18N4O3/c20-19-16(4-1-7-21-19)17-10-14(23-26-17)9-13-5-6-18(22-11-13)25-12-15-3-2-8-24-15/h1-8,10-11,18,22H,9,12H2,(H2,20,21). The molecule has 7 heteroatoms. The van der Waals surface area contributed by atoms with Gasteiger partial charge < -0.3 is 24.7 Å². The van der Waals surface area contributed by atoms with Gasteiger partial charge in [-0.05, 0) is 35.9 Å². The second-order valence-electron chi connectivity index (χ2n) is 5.85. The quantitative estimate of drug-likeness (QED) is 0.705. The molecule has 3 aromatic rings. The van der Waals surface area contributed by atoms with Crippen molar-refractivity contribution in [3.8, 4) is 11.3 Å². The van der Waals surface area contributed by atoms with Crippen LogP contribution < -0.4 is 11.1 Å². The molecular formula is C19H18N4O3. The number of allylic oxidation sites excluding steroid dienone is 2. The number of anilines is 1. The van der Waals surface area contributed by atoms with Crippen LogP contribution in [0.1, 0.15) is 11.5 Å². The van der Waals surface area contributed by atoms with E-state index in [4.69, 9.17) is 19.4 Å². The van der Waals surface area contributed by atoms with E-state index in [1.54, 1.807) is 12.5 Å². The molecule has 4 rings (SSSR count). The van der Waals surface area contributed by atoms with Gasteiger partial charge in [-0.3, -0.25) is 0 Å².